The average molecular weight is 254 g/mol. The number of benzene rings is 1. The highest BCUT2D eigenvalue weighted by atomic mass is 16.1. The van der Waals surface area contributed by atoms with Crippen molar-refractivity contribution in [3.05, 3.63) is 54.1 Å². The lowest BCUT2D eigenvalue weighted by Gasteiger charge is -2.22. The fraction of sp³-hybridized carbons (Fsp3) is 0.375. The third kappa shape index (κ3) is 2.60. The highest BCUT2D eigenvalue weighted by molar-refractivity contribution is 6.07. The van der Waals surface area contributed by atoms with Crippen molar-refractivity contribution in [2.75, 3.05) is 0 Å². The van der Waals surface area contributed by atoms with Gasteiger partial charge in [0.25, 0.3) is 0 Å². The van der Waals surface area contributed by atoms with E-state index in [1.165, 1.54) is 32.1 Å². The van der Waals surface area contributed by atoms with Crippen molar-refractivity contribution in [2.45, 2.75) is 38.1 Å². The summed E-state index contributed by atoms with van der Waals surface area (Å²) in [4.78, 5) is 16.5. The maximum Gasteiger partial charge on any atom is 0.212 e. The van der Waals surface area contributed by atoms with Crippen LogP contribution in [0.1, 0.15) is 54.2 Å². The van der Waals surface area contributed by atoms with Crippen molar-refractivity contribution >= 4 is 5.78 Å². The highest BCUT2D eigenvalue weighted by Crippen LogP contribution is 2.28. The van der Waals surface area contributed by atoms with Crippen LogP contribution in [-0.4, -0.2) is 15.3 Å². The van der Waals surface area contributed by atoms with Crippen LogP contribution >= 0.6 is 0 Å². The van der Waals surface area contributed by atoms with Gasteiger partial charge in [-0.15, -0.1) is 0 Å². The van der Waals surface area contributed by atoms with Gasteiger partial charge in [0.2, 0.25) is 5.78 Å². The minimum atomic E-state index is 0.00941. The van der Waals surface area contributed by atoms with Crippen molar-refractivity contribution in [2.24, 2.45) is 0 Å². The number of carbonyl (C=O) groups excluding carboxylic acids is 1. The summed E-state index contributed by atoms with van der Waals surface area (Å²) >= 11 is 0. The van der Waals surface area contributed by atoms with Gasteiger partial charge >= 0.3 is 0 Å². The molecule has 0 atom stereocenters. The monoisotopic (exact) mass is 254 g/mol. The Morgan fingerprint density at radius 2 is 1.84 bits per heavy atom. The average Bonchev–Trinajstić information content (AvgIpc) is 2.98. The van der Waals surface area contributed by atoms with Crippen molar-refractivity contribution in [3.8, 4) is 0 Å². The molecule has 3 rings (SSSR count). The van der Waals surface area contributed by atoms with Gasteiger partial charge in [-0.2, -0.15) is 0 Å². The summed E-state index contributed by atoms with van der Waals surface area (Å²) in [6.07, 6.45) is 10.0. The van der Waals surface area contributed by atoms with Crippen LogP contribution in [0.25, 0.3) is 0 Å². The topological polar surface area (TPSA) is 34.9 Å². The van der Waals surface area contributed by atoms with Crippen LogP contribution in [0.2, 0.25) is 0 Å². The predicted molar refractivity (Wildman–Crippen MR) is 74.2 cm³/mol. The van der Waals surface area contributed by atoms with Gasteiger partial charge in [0, 0.05) is 17.8 Å². The van der Waals surface area contributed by atoms with Gasteiger partial charge in [0.1, 0.15) is 5.69 Å². The molecule has 98 valence electrons. The van der Waals surface area contributed by atoms with E-state index >= 15 is 0 Å². The number of nitrogens with zero attached hydrogens (tertiary/aromatic N) is 2. The maximum absolute atomic E-state index is 12.3. The molecule has 1 fully saturated rings. The summed E-state index contributed by atoms with van der Waals surface area (Å²) in [6, 6.07) is 9.87. The van der Waals surface area contributed by atoms with Gasteiger partial charge in [-0.25, -0.2) is 4.98 Å². The molecule has 1 aliphatic carbocycles. The molecular formula is C16H18N2O. The molecule has 0 unspecified atom stereocenters. The number of imidazole rings is 1. The molecule has 1 aromatic heterocycles. The second-order valence-electron chi connectivity index (χ2n) is 5.19. The van der Waals surface area contributed by atoms with Crippen LogP contribution in [0.15, 0.2) is 42.9 Å². The first-order chi connectivity index (χ1) is 9.34. The van der Waals surface area contributed by atoms with E-state index in [1.807, 2.05) is 42.9 Å². The Balaban J connectivity index is 1.79. The Morgan fingerprint density at radius 1 is 1.11 bits per heavy atom. The van der Waals surface area contributed by atoms with Crippen molar-refractivity contribution < 1.29 is 4.79 Å². The minimum Gasteiger partial charge on any atom is -0.334 e. The molecule has 0 spiro atoms. The van der Waals surface area contributed by atoms with Crippen LogP contribution in [0.5, 0.6) is 0 Å². The van der Waals surface area contributed by atoms with Crippen LogP contribution in [-0.2, 0) is 0 Å². The standard InChI is InChI=1S/C16H18N2O/c19-16(13-7-3-1-4-8-13)15-11-18(12-17-15)14-9-5-2-6-10-14/h1,3-4,7-8,11-12,14H,2,5-6,9-10H2. The summed E-state index contributed by atoms with van der Waals surface area (Å²) in [7, 11) is 0. The smallest absolute Gasteiger partial charge is 0.212 e. The largest absolute Gasteiger partial charge is 0.334 e. The Morgan fingerprint density at radius 3 is 2.58 bits per heavy atom. The third-order valence-corrected chi connectivity index (χ3v) is 3.87. The molecule has 1 aliphatic rings. The second-order valence-corrected chi connectivity index (χ2v) is 5.19. The van der Waals surface area contributed by atoms with Gasteiger partial charge in [-0.05, 0) is 12.8 Å². The molecular weight excluding hydrogens is 236 g/mol. The van der Waals surface area contributed by atoms with E-state index in [1.54, 1.807) is 0 Å². The zero-order valence-corrected chi connectivity index (χ0v) is 11.0. The molecule has 1 aromatic carbocycles. The van der Waals surface area contributed by atoms with Gasteiger partial charge in [-0.3, -0.25) is 4.79 Å². The summed E-state index contributed by atoms with van der Waals surface area (Å²) < 4.78 is 2.12. The molecule has 0 radical (unpaired) electrons. The Hall–Kier alpha value is -1.90. The number of rotatable bonds is 3. The number of hydrogen-bond acceptors (Lipinski definition) is 2. The minimum absolute atomic E-state index is 0.00941. The summed E-state index contributed by atoms with van der Waals surface area (Å²) in [5, 5.41) is 0. The lowest BCUT2D eigenvalue weighted by Crippen LogP contribution is -2.11. The Kier molecular flexibility index (Phi) is 3.45. The maximum atomic E-state index is 12.3. The van der Waals surface area contributed by atoms with E-state index < -0.39 is 0 Å². The van der Waals surface area contributed by atoms with E-state index in [0.717, 1.165) is 0 Å². The van der Waals surface area contributed by atoms with Crippen molar-refractivity contribution in [1.29, 1.82) is 0 Å². The quantitative estimate of drug-likeness (QED) is 0.784. The lowest BCUT2D eigenvalue weighted by molar-refractivity contribution is 0.103. The Bertz CT molecular complexity index is 553. The van der Waals surface area contributed by atoms with Crippen LogP contribution < -0.4 is 0 Å². The number of carbonyl (C=O) groups is 1. The van der Waals surface area contributed by atoms with Gasteiger partial charge in [0.15, 0.2) is 0 Å². The normalized spacial score (nSPS) is 16.4. The van der Waals surface area contributed by atoms with E-state index in [-0.39, 0.29) is 5.78 Å². The molecule has 0 aliphatic heterocycles. The zero-order valence-electron chi connectivity index (χ0n) is 11.0. The summed E-state index contributed by atoms with van der Waals surface area (Å²) in [5.74, 6) is 0.00941. The first kappa shape index (κ1) is 12.2. The Labute approximate surface area is 113 Å². The number of hydrogen-bond donors (Lipinski definition) is 0. The molecule has 1 heterocycles. The molecule has 19 heavy (non-hydrogen) atoms. The molecule has 0 saturated heterocycles. The van der Waals surface area contributed by atoms with Gasteiger partial charge in [0.05, 0.1) is 6.33 Å². The molecule has 1 saturated carbocycles. The predicted octanol–water partition coefficient (Wildman–Crippen LogP) is 3.62. The second kappa shape index (κ2) is 5.39. The first-order valence-corrected chi connectivity index (χ1v) is 6.98. The van der Waals surface area contributed by atoms with Crippen molar-refractivity contribution in [1.82, 2.24) is 9.55 Å². The van der Waals surface area contributed by atoms with Crippen LogP contribution in [0.4, 0.5) is 0 Å². The van der Waals surface area contributed by atoms with E-state index in [2.05, 4.69) is 9.55 Å². The van der Waals surface area contributed by atoms with Crippen molar-refractivity contribution in [3.63, 3.8) is 0 Å². The van der Waals surface area contributed by atoms with E-state index in [0.29, 0.717) is 17.3 Å². The van der Waals surface area contributed by atoms with Gasteiger partial charge in [-0.1, -0.05) is 49.6 Å². The lowest BCUT2D eigenvalue weighted by atomic mass is 9.95. The fourth-order valence-corrected chi connectivity index (χ4v) is 2.77. The van der Waals surface area contributed by atoms with E-state index in [4.69, 9.17) is 0 Å². The molecule has 3 nitrogen and oxygen atoms in total. The SMILES string of the molecule is O=C(c1ccccc1)c1cn(C2CCCCC2)cn1. The summed E-state index contributed by atoms with van der Waals surface area (Å²) in [5.41, 5.74) is 1.26. The van der Waals surface area contributed by atoms with Crippen LogP contribution in [0, 0.1) is 0 Å². The van der Waals surface area contributed by atoms with Crippen LogP contribution in [0.3, 0.4) is 0 Å². The molecule has 2 aromatic rings. The fourth-order valence-electron chi connectivity index (χ4n) is 2.77. The zero-order chi connectivity index (χ0) is 13.1. The molecule has 0 bridgehead atoms. The summed E-state index contributed by atoms with van der Waals surface area (Å²) in [6.45, 7) is 0. The molecule has 0 amide bonds. The van der Waals surface area contributed by atoms with Gasteiger partial charge < -0.3 is 4.57 Å². The number of aromatic nitrogens is 2. The first-order valence-electron chi connectivity index (χ1n) is 6.98. The number of ketones is 1. The molecule has 3 heteroatoms. The van der Waals surface area contributed by atoms with E-state index in [9.17, 15) is 4.79 Å². The molecule has 0 N–H and O–H groups in total. The third-order valence-electron chi connectivity index (χ3n) is 3.87. The highest BCUT2D eigenvalue weighted by Gasteiger charge is 2.18.